The highest BCUT2D eigenvalue weighted by atomic mass is 32.2. The molecule has 0 amide bonds. The van der Waals surface area contributed by atoms with Crippen molar-refractivity contribution < 1.29 is 14.0 Å². The standard InChI is InChI=1S/C19H24N4O4S2/c1-21(2)29(27)17-9-7-16(8-10-17)28(26)20-18-14-15(23(24)25)6-11-19(18)22-12-4-3-5-13-22/h6-11,14,20H,3-5,12-13H2,1-2H3. The van der Waals surface area contributed by atoms with Crippen molar-refractivity contribution in [1.29, 1.82) is 0 Å². The van der Waals surface area contributed by atoms with E-state index in [0.29, 0.717) is 15.5 Å². The zero-order chi connectivity index (χ0) is 21.0. The normalized spacial score (nSPS) is 16.5. The number of non-ortho nitro benzene ring substituents is 1. The molecule has 29 heavy (non-hydrogen) atoms. The molecule has 3 rings (SSSR count). The minimum atomic E-state index is -1.61. The van der Waals surface area contributed by atoms with Gasteiger partial charge in [-0.25, -0.2) is 4.72 Å². The Hall–Kier alpha value is -1.98. The Morgan fingerprint density at radius 3 is 2.21 bits per heavy atom. The van der Waals surface area contributed by atoms with Crippen molar-refractivity contribution in [2.75, 3.05) is 36.8 Å². The van der Waals surface area contributed by atoms with E-state index in [1.807, 2.05) is 0 Å². The van der Waals surface area contributed by atoms with Gasteiger partial charge in [-0.05, 0) is 25.3 Å². The van der Waals surface area contributed by atoms with Crippen molar-refractivity contribution >= 4 is 39.8 Å². The number of hydrogen-bond acceptors (Lipinski definition) is 7. The summed E-state index contributed by atoms with van der Waals surface area (Å²) in [5.74, 6) is 0. The number of piperidine rings is 1. The van der Waals surface area contributed by atoms with Gasteiger partial charge in [0.05, 0.1) is 22.0 Å². The molecule has 1 aliphatic rings. The molecule has 10 heteroatoms. The summed E-state index contributed by atoms with van der Waals surface area (Å²) in [7, 11) is 3.43. The maximum absolute atomic E-state index is 12.9. The van der Waals surface area contributed by atoms with Crippen LogP contribution in [0, 0.1) is 10.1 Å². The van der Waals surface area contributed by atoms with Crippen molar-refractivity contribution in [1.82, 2.24) is 4.31 Å². The Labute approximate surface area is 176 Å². The van der Waals surface area contributed by atoms with Gasteiger partial charge in [-0.1, -0.05) is 0 Å². The number of nitrogens with zero attached hydrogens (tertiary/aromatic N) is 3. The van der Waals surface area contributed by atoms with Gasteiger partial charge in [0.25, 0.3) is 5.69 Å². The predicted octanol–water partition coefficient (Wildman–Crippen LogP) is 3.30. The summed E-state index contributed by atoms with van der Waals surface area (Å²) >= 11 is -2.89. The van der Waals surface area contributed by atoms with Gasteiger partial charge in [-0.2, -0.15) is 0 Å². The molecule has 1 aliphatic heterocycles. The average Bonchev–Trinajstić information content (AvgIpc) is 2.73. The van der Waals surface area contributed by atoms with Gasteiger partial charge >= 0.3 is 0 Å². The third-order valence-corrected chi connectivity index (χ3v) is 7.11. The van der Waals surface area contributed by atoms with Gasteiger partial charge in [0.2, 0.25) is 0 Å². The number of rotatable bonds is 7. The van der Waals surface area contributed by atoms with Crippen LogP contribution >= 0.6 is 0 Å². The van der Waals surface area contributed by atoms with Crippen LogP contribution in [-0.2, 0) is 22.7 Å². The summed E-state index contributed by atoms with van der Waals surface area (Å²) in [5.41, 5.74) is 1.23. The molecule has 156 valence electrons. The van der Waals surface area contributed by atoms with Crippen LogP contribution in [0.15, 0.2) is 52.3 Å². The number of benzene rings is 2. The molecule has 0 radical (unpaired) electrons. The molecule has 2 aromatic rings. The first kappa shape index (κ1) is 21.7. The number of nitro benzene ring substituents is 1. The number of anilines is 2. The van der Waals surface area contributed by atoms with E-state index in [1.54, 1.807) is 48.7 Å². The molecule has 8 nitrogen and oxygen atoms in total. The number of hydrogen-bond donors (Lipinski definition) is 1. The van der Waals surface area contributed by atoms with Crippen molar-refractivity contribution in [3.05, 3.63) is 52.6 Å². The van der Waals surface area contributed by atoms with Crippen LogP contribution in [0.5, 0.6) is 0 Å². The second-order valence-corrected chi connectivity index (χ2v) is 9.82. The monoisotopic (exact) mass is 436 g/mol. The molecule has 0 bridgehead atoms. The van der Waals surface area contributed by atoms with E-state index in [-0.39, 0.29) is 5.69 Å². The molecule has 2 aromatic carbocycles. The van der Waals surface area contributed by atoms with Crippen LogP contribution in [0.2, 0.25) is 0 Å². The zero-order valence-electron chi connectivity index (χ0n) is 16.4. The van der Waals surface area contributed by atoms with Crippen LogP contribution in [-0.4, -0.2) is 45.5 Å². The summed E-state index contributed by atoms with van der Waals surface area (Å²) in [6, 6.07) is 11.3. The van der Waals surface area contributed by atoms with E-state index in [2.05, 4.69) is 9.62 Å². The summed E-state index contributed by atoms with van der Waals surface area (Å²) in [4.78, 5) is 14.0. The Balaban J connectivity index is 1.83. The molecule has 0 spiro atoms. The maximum atomic E-state index is 12.9. The summed E-state index contributed by atoms with van der Waals surface area (Å²) in [6.07, 6.45) is 3.28. The highest BCUT2D eigenvalue weighted by molar-refractivity contribution is 7.92. The first-order chi connectivity index (χ1) is 13.9. The number of nitrogens with one attached hydrogen (secondary N) is 1. The van der Waals surface area contributed by atoms with Gasteiger partial charge in [0.1, 0.15) is 17.0 Å². The minimum Gasteiger partial charge on any atom is -0.593 e. The van der Waals surface area contributed by atoms with Gasteiger partial charge in [-0.15, -0.1) is 4.31 Å². The van der Waals surface area contributed by atoms with Crippen LogP contribution in [0.25, 0.3) is 0 Å². The predicted molar refractivity (Wildman–Crippen MR) is 116 cm³/mol. The van der Waals surface area contributed by atoms with Crippen LogP contribution in [0.1, 0.15) is 19.3 Å². The zero-order valence-corrected chi connectivity index (χ0v) is 18.0. The molecule has 1 saturated heterocycles. The Morgan fingerprint density at radius 2 is 1.62 bits per heavy atom. The fourth-order valence-electron chi connectivity index (χ4n) is 3.18. The lowest BCUT2D eigenvalue weighted by Crippen LogP contribution is -2.30. The SMILES string of the molecule is CN(C)[S+]([O-])c1ccc([S+]([O-])Nc2cc([N+](=O)[O-])ccc2N2CCCCC2)cc1. The lowest BCUT2D eigenvalue weighted by atomic mass is 10.1. The maximum Gasteiger partial charge on any atom is 0.271 e. The van der Waals surface area contributed by atoms with Gasteiger partial charge in [0, 0.05) is 63.6 Å². The molecule has 1 heterocycles. The fraction of sp³-hybridized carbons (Fsp3) is 0.368. The van der Waals surface area contributed by atoms with Crippen molar-refractivity contribution in [2.45, 2.75) is 29.1 Å². The molecule has 2 atom stereocenters. The van der Waals surface area contributed by atoms with E-state index in [1.165, 1.54) is 18.6 Å². The second-order valence-electron chi connectivity index (χ2n) is 6.91. The van der Waals surface area contributed by atoms with E-state index in [0.717, 1.165) is 31.6 Å². The van der Waals surface area contributed by atoms with E-state index >= 15 is 0 Å². The van der Waals surface area contributed by atoms with Gasteiger partial charge < -0.3 is 14.0 Å². The average molecular weight is 437 g/mol. The van der Waals surface area contributed by atoms with Crippen molar-refractivity contribution in [2.24, 2.45) is 0 Å². The lowest BCUT2D eigenvalue weighted by molar-refractivity contribution is -0.384. The molecular formula is C19H24N4O4S2. The molecule has 0 aromatic heterocycles. The van der Waals surface area contributed by atoms with Crippen molar-refractivity contribution in [3.8, 4) is 0 Å². The summed E-state index contributed by atoms with van der Waals surface area (Å²) < 4.78 is 29.5. The second kappa shape index (κ2) is 9.68. The molecule has 0 saturated carbocycles. The van der Waals surface area contributed by atoms with E-state index in [4.69, 9.17) is 0 Å². The van der Waals surface area contributed by atoms with Crippen LogP contribution in [0.4, 0.5) is 17.1 Å². The Kier molecular flexibility index (Phi) is 7.25. The molecular weight excluding hydrogens is 412 g/mol. The topological polar surface area (TPSA) is 108 Å². The first-order valence-electron chi connectivity index (χ1n) is 9.28. The van der Waals surface area contributed by atoms with E-state index in [9.17, 15) is 19.2 Å². The Bertz CT molecular complexity index is 845. The minimum absolute atomic E-state index is 0.0537. The molecule has 1 N–H and O–H groups in total. The number of nitro groups is 1. The summed E-state index contributed by atoms with van der Waals surface area (Å²) in [6.45, 7) is 1.73. The lowest BCUT2D eigenvalue weighted by Gasteiger charge is -2.30. The van der Waals surface area contributed by atoms with Crippen molar-refractivity contribution in [3.63, 3.8) is 0 Å². The Morgan fingerprint density at radius 1 is 1.00 bits per heavy atom. The molecule has 1 fully saturated rings. The third kappa shape index (κ3) is 5.34. The van der Waals surface area contributed by atoms with Gasteiger partial charge in [-0.3, -0.25) is 10.1 Å². The quantitative estimate of drug-likeness (QED) is 0.403. The first-order valence-corrected chi connectivity index (χ1v) is 11.5. The largest absolute Gasteiger partial charge is 0.593 e. The van der Waals surface area contributed by atoms with E-state index < -0.39 is 27.6 Å². The molecule has 0 aliphatic carbocycles. The summed E-state index contributed by atoms with van der Waals surface area (Å²) in [5, 5.41) is 11.2. The van der Waals surface area contributed by atoms with Crippen LogP contribution in [0.3, 0.4) is 0 Å². The highest BCUT2D eigenvalue weighted by Gasteiger charge is 2.23. The van der Waals surface area contributed by atoms with Crippen LogP contribution < -0.4 is 9.62 Å². The smallest absolute Gasteiger partial charge is 0.271 e. The fourth-order valence-corrected chi connectivity index (χ4v) is 4.83. The molecule has 2 unspecified atom stereocenters. The third-order valence-electron chi connectivity index (χ3n) is 4.66. The van der Waals surface area contributed by atoms with Gasteiger partial charge in [0.15, 0.2) is 9.79 Å². The highest BCUT2D eigenvalue weighted by Crippen LogP contribution is 2.33.